The molecule has 19 heteroatoms. The Kier molecular flexibility index (Phi) is 6.55. The Morgan fingerprint density at radius 2 is 0.690 bits per heavy atom. The maximum atomic E-state index is 13.1. The minimum Gasteiger partial charge on any atom is -0.364 e. The van der Waals surface area contributed by atoms with Gasteiger partial charge in [0.2, 0.25) is 6.36 Å². The second-order valence-electron chi connectivity index (χ2n) is 5.29. The highest BCUT2D eigenvalue weighted by Crippen LogP contribution is 2.64. The summed E-state index contributed by atoms with van der Waals surface area (Å²) in [5.41, 5.74) is 0. The van der Waals surface area contributed by atoms with Crippen LogP contribution in [-0.2, 0) is 0 Å². The van der Waals surface area contributed by atoms with Gasteiger partial charge in [-0.15, -0.1) is 0 Å². The number of aliphatic hydroxyl groups is 1. The van der Waals surface area contributed by atoms with E-state index in [1.54, 1.807) is 0 Å². The van der Waals surface area contributed by atoms with Gasteiger partial charge in [-0.25, -0.2) is 4.39 Å². The van der Waals surface area contributed by atoms with E-state index in [0.29, 0.717) is 0 Å². The summed E-state index contributed by atoms with van der Waals surface area (Å²) in [6.45, 7) is 0. The van der Waals surface area contributed by atoms with Crippen LogP contribution in [0.15, 0.2) is 0 Å². The van der Waals surface area contributed by atoms with Crippen LogP contribution in [0.25, 0.3) is 0 Å². The lowest BCUT2D eigenvalue weighted by Crippen LogP contribution is -2.74. The fourth-order valence-electron chi connectivity index (χ4n) is 1.54. The largest absolute Gasteiger partial charge is 0.460 e. The van der Waals surface area contributed by atoms with Gasteiger partial charge in [0.05, 0.1) is 6.42 Å². The van der Waals surface area contributed by atoms with Crippen LogP contribution >= 0.6 is 0 Å². The van der Waals surface area contributed by atoms with E-state index in [9.17, 15) is 79.0 Å². The van der Waals surface area contributed by atoms with E-state index in [1.807, 2.05) is 0 Å². The molecule has 1 nitrogen and oxygen atoms in total. The van der Waals surface area contributed by atoms with Crippen molar-refractivity contribution in [3.05, 3.63) is 0 Å². The highest BCUT2D eigenvalue weighted by molar-refractivity contribution is 5.15. The summed E-state index contributed by atoms with van der Waals surface area (Å²) in [5.74, 6) is -57.6. The van der Waals surface area contributed by atoms with Crippen LogP contribution < -0.4 is 0 Å². The van der Waals surface area contributed by atoms with E-state index in [-0.39, 0.29) is 0 Å². The van der Waals surface area contributed by atoms with Gasteiger partial charge < -0.3 is 5.11 Å². The lowest BCUT2D eigenvalue weighted by atomic mass is 9.88. The van der Waals surface area contributed by atoms with Crippen LogP contribution in [-0.4, -0.2) is 59.1 Å². The van der Waals surface area contributed by atoms with E-state index >= 15 is 0 Å². The summed E-state index contributed by atoms with van der Waals surface area (Å²) < 4.78 is 228. The molecule has 0 radical (unpaired) electrons. The minimum atomic E-state index is -8.73. The van der Waals surface area contributed by atoms with Crippen molar-refractivity contribution in [3.63, 3.8) is 0 Å². The zero-order valence-electron chi connectivity index (χ0n) is 12.5. The van der Waals surface area contributed by atoms with Crippen molar-refractivity contribution in [2.24, 2.45) is 0 Å². The van der Waals surface area contributed by atoms with Crippen LogP contribution in [0.5, 0.6) is 0 Å². The Labute approximate surface area is 146 Å². The number of halogens is 18. The highest BCUT2D eigenvalue weighted by atomic mass is 19.4. The van der Waals surface area contributed by atoms with Crippen molar-refractivity contribution in [3.8, 4) is 0 Å². The first-order valence-electron chi connectivity index (χ1n) is 6.20. The number of hydrogen-bond acceptors (Lipinski definition) is 1. The molecule has 0 saturated heterocycles. The summed E-state index contributed by atoms with van der Waals surface area (Å²) in [6.07, 6.45) is -15.5. The van der Waals surface area contributed by atoms with Crippen LogP contribution in [0, 0.1) is 0 Å². The average molecular weight is 482 g/mol. The van der Waals surface area contributed by atoms with Crippen molar-refractivity contribution in [2.75, 3.05) is 0 Å². The number of aliphatic hydroxyl groups excluding tert-OH is 1. The lowest BCUT2D eigenvalue weighted by Gasteiger charge is -2.42. The van der Waals surface area contributed by atoms with Crippen LogP contribution in [0.3, 0.4) is 0 Å². The molecule has 0 amide bonds. The third-order valence-electron chi connectivity index (χ3n) is 3.21. The van der Waals surface area contributed by atoms with Crippen molar-refractivity contribution in [2.45, 2.75) is 60.4 Å². The molecular formula is C10H4F18O. The molecule has 0 aliphatic rings. The molecule has 0 heterocycles. The molecule has 1 N–H and O–H groups in total. The second kappa shape index (κ2) is 6.86. The van der Waals surface area contributed by atoms with Gasteiger partial charge in [0.15, 0.2) is 0 Å². The van der Waals surface area contributed by atoms with E-state index < -0.39 is 60.4 Å². The van der Waals surface area contributed by atoms with Crippen molar-refractivity contribution >= 4 is 0 Å². The molecule has 0 bridgehead atoms. The lowest BCUT2D eigenvalue weighted by molar-refractivity contribution is -0.462. The molecule has 1 atom stereocenters. The van der Waals surface area contributed by atoms with Gasteiger partial charge in [-0.1, -0.05) is 0 Å². The van der Waals surface area contributed by atoms with E-state index in [2.05, 4.69) is 0 Å². The molecule has 0 aliphatic carbocycles. The molecule has 0 spiro atoms. The molecule has 0 aromatic rings. The zero-order chi connectivity index (χ0) is 24.3. The van der Waals surface area contributed by atoms with Gasteiger partial charge in [-0.05, 0) is 0 Å². The van der Waals surface area contributed by atoms with E-state index in [0.717, 1.165) is 0 Å². The Hall–Kier alpha value is -1.30. The predicted octanol–water partition coefficient (Wildman–Crippen LogP) is 5.67. The minimum absolute atomic E-state index is 3.51. The van der Waals surface area contributed by atoms with E-state index in [4.69, 9.17) is 5.11 Å². The standard InChI is InChI=1S/C10H4F18O/c11-2(29)1-3(12,13)4(14,15)5(16,17)6(18,19)7(20,21)8(22,23)9(24,25)10(26,27)28/h2,29H,1H2. The molecule has 0 saturated carbocycles. The monoisotopic (exact) mass is 482 g/mol. The normalized spacial score (nSPS) is 17.5. The fourth-order valence-corrected chi connectivity index (χ4v) is 1.54. The number of rotatable bonds is 8. The third kappa shape index (κ3) is 3.66. The molecule has 0 fully saturated rings. The first-order chi connectivity index (χ1) is 12.2. The molecule has 0 aromatic carbocycles. The van der Waals surface area contributed by atoms with Gasteiger partial charge in [-0.2, -0.15) is 74.6 Å². The zero-order valence-corrected chi connectivity index (χ0v) is 12.5. The first-order valence-corrected chi connectivity index (χ1v) is 6.20. The summed E-state index contributed by atoms with van der Waals surface area (Å²) in [4.78, 5) is 0. The van der Waals surface area contributed by atoms with Gasteiger partial charge in [-0.3, -0.25) is 0 Å². The Morgan fingerprint density at radius 3 is 0.931 bits per heavy atom. The molecule has 0 aliphatic heterocycles. The Morgan fingerprint density at radius 1 is 0.448 bits per heavy atom. The number of hydrogen-bond donors (Lipinski definition) is 1. The number of alkyl halides is 18. The predicted molar refractivity (Wildman–Crippen MR) is 52.4 cm³/mol. The summed E-state index contributed by atoms with van der Waals surface area (Å²) in [5, 5.41) is 7.80. The average Bonchev–Trinajstić information content (AvgIpc) is 2.43. The van der Waals surface area contributed by atoms with Gasteiger partial charge in [0.25, 0.3) is 0 Å². The second-order valence-corrected chi connectivity index (χ2v) is 5.29. The SMILES string of the molecule is OC(F)CC(F)(F)C(F)(F)C(F)(F)C(F)(F)C(F)(F)C(F)(F)C(F)(F)C(F)(F)F. The molecule has 176 valence electrons. The van der Waals surface area contributed by atoms with Crippen LogP contribution in [0.1, 0.15) is 6.42 Å². The Balaban J connectivity index is 6.65. The topological polar surface area (TPSA) is 20.2 Å². The Bertz CT molecular complexity index is 586. The summed E-state index contributed by atoms with van der Waals surface area (Å²) in [7, 11) is 0. The van der Waals surface area contributed by atoms with Crippen molar-refractivity contribution in [1.82, 2.24) is 0 Å². The first kappa shape index (κ1) is 27.7. The van der Waals surface area contributed by atoms with Crippen molar-refractivity contribution < 1.29 is 84.1 Å². The van der Waals surface area contributed by atoms with Gasteiger partial charge in [0.1, 0.15) is 0 Å². The maximum absolute atomic E-state index is 13.1. The van der Waals surface area contributed by atoms with Gasteiger partial charge >= 0.3 is 47.6 Å². The van der Waals surface area contributed by atoms with Gasteiger partial charge in [0, 0.05) is 0 Å². The molecule has 1 unspecified atom stereocenters. The third-order valence-corrected chi connectivity index (χ3v) is 3.21. The summed E-state index contributed by atoms with van der Waals surface area (Å²) >= 11 is 0. The van der Waals surface area contributed by atoms with Crippen molar-refractivity contribution in [1.29, 1.82) is 0 Å². The smallest absolute Gasteiger partial charge is 0.364 e. The van der Waals surface area contributed by atoms with Crippen LogP contribution in [0.4, 0.5) is 79.0 Å². The highest BCUT2D eigenvalue weighted by Gasteiger charge is 2.95. The molecule has 0 aromatic heterocycles. The fraction of sp³-hybridized carbons (Fsp3) is 1.00. The quantitative estimate of drug-likeness (QED) is 0.442. The van der Waals surface area contributed by atoms with E-state index in [1.165, 1.54) is 0 Å². The maximum Gasteiger partial charge on any atom is 0.460 e. The van der Waals surface area contributed by atoms with Crippen LogP contribution in [0.2, 0.25) is 0 Å². The summed E-state index contributed by atoms with van der Waals surface area (Å²) in [6, 6.07) is 0. The molecule has 29 heavy (non-hydrogen) atoms. The molecular weight excluding hydrogens is 478 g/mol. The molecule has 0 rings (SSSR count).